The van der Waals surface area contributed by atoms with Crippen molar-refractivity contribution in [2.75, 3.05) is 18.4 Å². The third kappa shape index (κ3) is 8.65. The number of rotatable bonds is 11. The Balaban J connectivity index is 2.06. The first-order valence-electron chi connectivity index (χ1n) is 9.37. The van der Waals surface area contributed by atoms with E-state index in [0.29, 0.717) is 24.3 Å². The van der Waals surface area contributed by atoms with Crippen LogP contribution in [-0.4, -0.2) is 30.8 Å². The molecule has 6 heteroatoms. The van der Waals surface area contributed by atoms with E-state index >= 15 is 0 Å². The van der Waals surface area contributed by atoms with Gasteiger partial charge in [-0.3, -0.25) is 9.59 Å². The molecular formula is C20H31N3O3. The van der Waals surface area contributed by atoms with Gasteiger partial charge in [0.05, 0.1) is 0 Å². The van der Waals surface area contributed by atoms with E-state index in [1.54, 1.807) is 24.3 Å². The number of benzene rings is 1. The first-order chi connectivity index (χ1) is 12.4. The summed E-state index contributed by atoms with van der Waals surface area (Å²) in [5, 5.41) is 8.49. The Labute approximate surface area is 156 Å². The largest absolute Gasteiger partial charge is 0.356 e. The molecule has 144 valence electrons. The Hall–Kier alpha value is -2.37. The predicted octanol–water partition coefficient (Wildman–Crippen LogP) is 3.73. The number of anilines is 1. The molecule has 1 unspecified atom stereocenters. The van der Waals surface area contributed by atoms with Crippen molar-refractivity contribution in [1.29, 1.82) is 0 Å². The second kappa shape index (κ2) is 12.1. The molecule has 0 radical (unpaired) electrons. The lowest BCUT2D eigenvalue weighted by Crippen LogP contribution is -2.30. The van der Waals surface area contributed by atoms with Crippen LogP contribution >= 0.6 is 0 Å². The number of ketones is 1. The number of hydrogen-bond acceptors (Lipinski definition) is 3. The Morgan fingerprint density at radius 2 is 1.50 bits per heavy atom. The first kappa shape index (κ1) is 21.7. The normalized spacial score (nSPS) is 11.5. The number of nitrogens with one attached hydrogen (secondary N) is 3. The molecular weight excluding hydrogens is 330 g/mol. The van der Waals surface area contributed by atoms with Crippen LogP contribution in [0, 0.1) is 5.92 Å². The van der Waals surface area contributed by atoms with Gasteiger partial charge in [0.25, 0.3) is 0 Å². The van der Waals surface area contributed by atoms with Gasteiger partial charge in [-0.15, -0.1) is 0 Å². The number of urea groups is 1. The average molecular weight is 361 g/mol. The number of carbonyl (C=O) groups excluding carboxylic acids is 3. The lowest BCUT2D eigenvalue weighted by Gasteiger charge is -2.10. The Morgan fingerprint density at radius 3 is 2.04 bits per heavy atom. The zero-order valence-corrected chi connectivity index (χ0v) is 16.1. The molecule has 0 bridgehead atoms. The summed E-state index contributed by atoms with van der Waals surface area (Å²) in [5.74, 6) is 0.207. The molecule has 1 atom stereocenters. The fraction of sp³-hybridized carbons (Fsp3) is 0.550. The summed E-state index contributed by atoms with van der Waals surface area (Å²) in [6.45, 7) is 6.77. The second-order valence-corrected chi connectivity index (χ2v) is 6.53. The SMILES string of the molecule is CCC(C)C(=O)NCCCCCCNC(=O)Nc1ccc(C(C)=O)cc1. The highest BCUT2D eigenvalue weighted by molar-refractivity contribution is 5.95. The Kier molecular flexibility index (Phi) is 10.1. The fourth-order valence-corrected chi connectivity index (χ4v) is 2.34. The van der Waals surface area contributed by atoms with Gasteiger partial charge in [0.15, 0.2) is 5.78 Å². The molecule has 0 heterocycles. The van der Waals surface area contributed by atoms with E-state index in [2.05, 4.69) is 16.0 Å². The van der Waals surface area contributed by atoms with Gasteiger partial charge in [-0.1, -0.05) is 26.7 Å². The van der Waals surface area contributed by atoms with Gasteiger partial charge in [0, 0.05) is 30.3 Å². The van der Waals surface area contributed by atoms with Gasteiger partial charge in [0.1, 0.15) is 0 Å². The van der Waals surface area contributed by atoms with Crippen LogP contribution in [0.25, 0.3) is 0 Å². The molecule has 0 fully saturated rings. The fourth-order valence-electron chi connectivity index (χ4n) is 2.34. The van der Waals surface area contributed by atoms with Crippen molar-refractivity contribution in [2.24, 2.45) is 5.92 Å². The standard InChI is InChI=1S/C20H31N3O3/c1-4-15(2)19(25)21-13-7-5-6-8-14-22-20(26)23-18-11-9-17(10-12-18)16(3)24/h9-12,15H,4-8,13-14H2,1-3H3,(H,21,25)(H2,22,23,26). The molecule has 3 amide bonds. The third-order valence-corrected chi connectivity index (χ3v) is 4.30. The molecule has 26 heavy (non-hydrogen) atoms. The van der Waals surface area contributed by atoms with Gasteiger partial charge in [-0.25, -0.2) is 4.79 Å². The van der Waals surface area contributed by atoms with Crippen LogP contribution in [0.15, 0.2) is 24.3 Å². The quantitative estimate of drug-likeness (QED) is 0.414. The molecule has 0 aliphatic rings. The zero-order chi connectivity index (χ0) is 19.4. The number of hydrogen-bond donors (Lipinski definition) is 3. The van der Waals surface area contributed by atoms with Crippen molar-refractivity contribution in [3.05, 3.63) is 29.8 Å². The number of unbranched alkanes of at least 4 members (excludes halogenated alkanes) is 3. The van der Waals surface area contributed by atoms with Crippen LogP contribution in [0.4, 0.5) is 10.5 Å². The second-order valence-electron chi connectivity index (χ2n) is 6.53. The van der Waals surface area contributed by atoms with Crippen LogP contribution < -0.4 is 16.0 Å². The van der Waals surface area contributed by atoms with Crippen LogP contribution in [-0.2, 0) is 4.79 Å². The van der Waals surface area contributed by atoms with E-state index in [1.807, 2.05) is 13.8 Å². The van der Waals surface area contributed by atoms with Crippen LogP contribution in [0.1, 0.15) is 63.2 Å². The van der Waals surface area contributed by atoms with Gasteiger partial charge in [-0.2, -0.15) is 0 Å². The maximum atomic E-state index is 11.8. The van der Waals surface area contributed by atoms with Gasteiger partial charge in [0.2, 0.25) is 5.91 Å². The minimum absolute atomic E-state index is 0.000410. The molecule has 6 nitrogen and oxygen atoms in total. The molecule has 0 aliphatic heterocycles. The Bertz CT molecular complexity index is 584. The van der Waals surface area contributed by atoms with E-state index in [1.165, 1.54) is 6.92 Å². The molecule has 0 aromatic heterocycles. The number of carbonyl (C=O) groups is 3. The van der Waals surface area contributed by atoms with E-state index in [4.69, 9.17) is 0 Å². The van der Waals surface area contributed by atoms with Gasteiger partial charge < -0.3 is 16.0 Å². The van der Waals surface area contributed by atoms with Crippen molar-refractivity contribution in [1.82, 2.24) is 10.6 Å². The van der Waals surface area contributed by atoms with E-state index in [-0.39, 0.29) is 23.6 Å². The summed E-state index contributed by atoms with van der Waals surface area (Å²) in [4.78, 5) is 34.6. The van der Waals surface area contributed by atoms with Crippen molar-refractivity contribution < 1.29 is 14.4 Å². The lowest BCUT2D eigenvalue weighted by atomic mass is 10.1. The number of Topliss-reactive ketones (excluding diaryl/α,β-unsaturated/α-hetero) is 1. The summed E-state index contributed by atoms with van der Waals surface area (Å²) < 4.78 is 0. The van der Waals surface area contributed by atoms with Crippen LogP contribution in [0.3, 0.4) is 0 Å². The molecule has 3 N–H and O–H groups in total. The minimum atomic E-state index is -0.249. The van der Waals surface area contributed by atoms with Crippen LogP contribution in [0.2, 0.25) is 0 Å². The predicted molar refractivity (Wildman–Crippen MR) is 104 cm³/mol. The highest BCUT2D eigenvalue weighted by atomic mass is 16.2. The van der Waals surface area contributed by atoms with Gasteiger partial charge >= 0.3 is 6.03 Å². The molecule has 1 aromatic rings. The lowest BCUT2D eigenvalue weighted by molar-refractivity contribution is -0.124. The average Bonchev–Trinajstić information content (AvgIpc) is 2.63. The topological polar surface area (TPSA) is 87.3 Å². The molecule has 1 aromatic carbocycles. The molecule has 0 saturated heterocycles. The molecule has 0 aliphatic carbocycles. The Morgan fingerprint density at radius 1 is 0.923 bits per heavy atom. The monoisotopic (exact) mass is 361 g/mol. The van der Waals surface area contributed by atoms with Gasteiger partial charge in [-0.05, 0) is 50.5 Å². The zero-order valence-electron chi connectivity index (χ0n) is 16.1. The number of amides is 3. The summed E-state index contributed by atoms with van der Waals surface area (Å²) in [6, 6.07) is 6.56. The highest BCUT2D eigenvalue weighted by Crippen LogP contribution is 2.09. The van der Waals surface area contributed by atoms with E-state index < -0.39 is 0 Å². The van der Waals surface area contributed by atoms with Crippen LogP contribution in [0.5, 0.6) is 0 Å². The van der Waals surface area contributed by atoms with Crippen molar-refractivity contribution in [2.45, 2.75) is 52.9 Å². The summed E-state index contributed by atoms with van der Waals surface area (Å²) in [7, 11) is 0. The maximum Gasteiger partial charge on any atom is 0.319 e. The van der Waals surface area contributed by atoms with Crippen molar-refractivity contribution in [3.8, 4) is 0 Å². The van der Waals surface area contributed by atoms with E-state index in [9.17, 15) is 14.4 Å². The van der Waals surface area contributed by atoms with E-state index in [0.717, 1.165) is 32.1 Å². The highest BCUT2D eigenvalue weighted by Gasteiger charge is 2.08. The third-order valence-electron chi connectivity index (χ3n) is 4.30. The summed E-state index contributed by atoms with van der Waals surface area (Å²) in [6.07, 6.45) is 4.75. The first-order valence-corrected chi connectivity index (χ1v) is 9.37. The molecule has 0 spiro atoms. The maximum absolute atomic E-state index is 11.8. The van der Waals surface area contributed by atoms with Crippen molar-refractivity contribution in [3.63, 3.8) is 0 Å². The molecule has 1 rings (SSSR count). The smallest absolute Gasteiger partial charge is 0.319 e. The van der Waals surface area contributed by atoms with Crippen molar-refractivity contribution >= 4 is 23.4 Å². The minimum Gasteiger partial charge on any atom is -0.356 e. The summed E-state index contributed by atoms with van der Waals surface area (Å²) in [5.41, 5.74) is 1.28. The molecule has 0 saturated carbocycles. The summed E-state index contributed by atoms with van der Waals surface area (Å²) >= 11 is 0.